The van der Waals surface area contributed by atoms with Gasteiger partial charge in [-0.15, -0.1) is 0 Å². The average molecular weight is 360 g/mol. The van der Waals surface area contributed by atoms with Crippen molar-refractivity contribution in [2.45, 2.75) is 30.9 Å². The van der Waals surface area contributed by atoms with E-state index in [1.807, 2.05) is 0 Å². The predicted octanol–water partition coefficient (Wildman–Crippen LogP) is 2.82. The molecule has 6 heteroatoms. The summed E-state index contributed by atoms with van der Waals surface area (Å²) in [7, 11) is -3.08. The number of benzene rings is 1. The van der Waals surface area contributed by atoms with Crippen LogP contribution in [0.2, 0.25) is 0 Å². The van der Waals surface area contributed by atoms with Crippen molar-refractivity contribution in [3.63, 3.8) is 0 Å². The number of hydrogen-bond donors (Lipinski definition) is 1. The van der Waals surface area contributed by atoms with Crippen molar-refractivity contribution in [1.29, 1.82) is 0 Å². The highest BCUT2D eigenvalue weighted by Crippen LogP contribution is 2.33. The third kappa shape index (κ3) is 3.41. The van der Waals surface area contributed by atoms with Crippen molar-refractivity contribution < 1.29 is 13.2 Å². The molecule has 1 aromatic carbocycles. The highest BCUT2D eigenvalue weighted by Gasteiger charge is 2.33. The molecule has 0 aliphatic heterocycles. The quantitative estimate of drug-likeness (QED) is 0.664. The Balaban J connectivity index is 2.23. The first kappa shape index (κ1) is 15.5. The molecule has 4 nitrogen and oxygen atoms in total. The highest BCUT2D eigenvalue weighted by atomic mass is 79.9. The Hall–Kier alpha value is -0.880. The normalized spacial score (nSPS) is 23.5. The van der Waals surface area contributed by atoms with Crippen LogP contribution in [0.1, 0.15) is 36.0 Å². The summed E-state index contributed by atoms with van der Waals surface area (Å²) in [6.07, 6.45) is 3.83. The Kier molecular flexibility index (Phi) is 4.54. The third-order valence-corrected chi connectivity index (χ3v) is 6.19. The van der Waals surface area contributed by atoms with E-state index in [-0.39, 0.29) is 11.7 Å². The van der Waals surface area contributed by atoms with Crippen molar-refractivity contribution in [3.8, 4) is 0 Å². The molecule has 0 spiro atoms. The Morgan fingerprint density at radius 3 is 2.70 bits per heavy atom. The number of nitrogens with two attached hydrogens (primary N) is 1. The molecular weight excluding hydrogens is 342 g/mol. The Morgan fingerprint density at radius 2 is 2.05 bits per heavy atom. The van der Waals surface area contributed by atoms with Crippen molar-refractivity contribution in [2.75, 3.05) is 12.0 Å². The third-order valence-electron chi connectivity index (χ3n) is 3.86. The van der Waals surface area contributed by atoms with Crippen LogP contribution in [-0.4, -0.2) is 25.7 Å². The lowest BCUT2D eigenvalue weighted by Gasteiger charge is -2.27. The van der Waals surface area contributed by atoms with Crippen LogP contribution >= 0.6 is 15.9 Å². The molecule has 1 aromatic rings. The van der Waals surface area contributed by atoms with Gasteiger partial charge in [0.05, 0.1) is 5.25 Å². The van der Waals surface area contributed by atoms with Crippen molar-refractivity contribution >= 4 is 37.2 Å². The summed E-state index contributed by atoms with van der Waals surface area (Å²) in [5.74, 6) is -0.251. The first-order chi connectivity index (χ1) is 9.29. The molecule has 2 rings (SSSR count). The molecule has 2 atom stereocenters. The van der Waals surface area contributed by atoms with E-state index in [4.69, 9.17) is 5.73 Å². The predicted molar refractivity (Wildman–Crippen MR) is 83.5 cm³/mol. The lowest BCUT2D eigenvalue weighted by atomic mass is 9.83. The first-order valence-electron chi connectivity index (χ1n) is 6.57. The minimum atomic E-state index is -3.08. The maximum atomic E-state index is 12.6. The van der Waals surface area contributed by atoms with Gasteiger partial charge in [-0.05, 0) is 37.5 Å². The van der Waals surface area contributed by atoms with Gasteiger partial charge in [0.1, 0.15) is 9.84 Å². The van der Waals surface area contributed by atoms with E-state index in [9.17, 15) is 13.2 Å². The molecule has 0 radical (unpaired) electrons. The van der Waals surface area contributed by atoms with E-state index >= 15 is 0 Å². The van der Waals surface area contributed by atoms with Gasteiger partial charge < -0.3 is 5.73 Å². The van der Waals surface area contributed by atoms with Crippen molar-refractivity contribution in [1.82, 2.24) is 0 Å². The maximum absolute atomic E-state index is 12.6. The monoisotopic (exact) mass is 359 g/mol. The molecule has 2 N–H and O–H groups in total. The SMILES string of the molecule is CS(=O)(=O)C1CCCC(C(=O)c2cc(N)ccc2Br)C1. The number of Topliss-reactive ketones (excluding diaryl/α,β-unsaturated/α-hetero) is 1. The lowest BCUT2D eigenvalue weighted by Crippen LogP contribution is -2.31. The fourth-order valence-corrected chi connectivity index (χ4v) is 4.34. The van der Waals surface area contributed by atoms with Gasteiger partial charge in [-0.1, -0.05) is 22.4 Å². The zero-order chi connectivity index (χ0) is 14.9. The minimum absolute atomic E-state index is 0.0162. The fourth-order valence-electron chi connectivity index (χ4n) is 2.72. The van der Waals surface area contributed by atoms with Crippen LogP contribution in [-0.2, 0) is 9.84 Å². The number of rotatable bonds is 3. The highest BCUT2D eigenvalue weighted by molar-refractivity contribution is 9.10. The number of carbonyl (C=O) groups is 1. The maximum Gasteiger partial charge on any atom is 0.167 e. The van der Waals surface area contributed by atoms with Crippen molar-refractivity contribution in [2.24, 2.45) is 5.92 Å². The summed E-state index contributed by atoms with van der Waals surface area (Å²) >= 11 is 3.36. The smallest absolute Gasteiger partial charge is 0.167 e. The van der Waals surface area contributed by atoms with Gasteiger partial charge in [0.2, 0.25) is 0 Å². The Morgan fingerprint density at radius 1 is 1.35 bits per heavy atom. The molecule has 110 valence electrons. The molecule has 0 amide bonds. The number of hydrogen-bond acceptors (Lipinski definition) is 4. The van der Waals surface area contributed by atoms with Crippen LogP contribution in [0, 0.1) is 5.92 Å². The van der Waals surface area contributed by atoms with Crippen LogP contribution in [0.5, 0.6) is 0 Å². The van der Waals surface area contributed by atoms with Crippen molar-refractivity contribution in [3.05, 3.63) is 28.2 Å². The Bertz CT molecular complexity index is 627. The molecule has 0 bridgehead atoms. The molecule has 1 fully saturated rings. The molecule has 0 aromatic heterocycles. The fraction of sp³-hybridized carbons (Fsp3) is 0.500. The lowest BCUT2D eigenvalue weighted by molar-refractivity contribution is 0.0890. The summed E-state index contributed by atoms with van der Waals surface area (Å²) in [4.78, 5) is 12.6. The molecule has 0 heterocycles. The van der Waals surface area contributed by atoms with Gasteiger partial charge in [-0.3, -0.25) is 4.79 Å². The second-order valence-corrected chi connectivity index (χ2v) is 8.60. The van der Waals surface area contributed by atoms with Crippen LogP contribution in [0.4, 0.5) is 5.69 Å². The zero-order valence-electron chi connectivity index (χ0n) is 11.3. The van der Waals surface area contributed by atoms with Crippen LogP contribution in [0.25, 0.3) is 0 Å². The standard InChI is InChI=1S/C14H18BrNO3S/c1-20(18,19)11-4-2-3-9(7-11)14(17)12-8-10(16)5-6-13(12)15/h5-6,8-9,11H,2-4,7,16H2,1H3. The first-order valence-corrected chi connectivity index (χ1v) is 9.32. The van der Waals surface area contributed by atoms with E-state index in [1.54, 1.807) is 18.2 Å². The van der Waals surface area contributed by atoms with Crippen LogP contribution in [0.15, 0.2) is 22.7 Å². The minimum Gasteiger partial charge on any atom is -0.399 e. The molecule has 1 saturated carbocycles. The molecule has 2 unspecified atom stereocenters. The number of halogens is 1. The largest absolute Gasteiger partial charge is 0.399 e. The van der Waals surface area contributed by atoms with Gasteiger partial charge in [-0.2, -0.15) is 0 Å². The second kappa shape index (κ2) is 5.85. The molecule has 1 aliphatic carbocycles. The summed E-state index contributed by atoms with van der Waals surface area (Å²) in [6.45, 7) is 0. The Labute approximate surface area is 127 Å². The molecule has 20 heavy (non-hydrogen) atoms. The zero-order valence-corrected chi connectivity index (χ0v) is 13.7. The summed E-state index contributed by atoms with van der Waals surface area (Å²) < 4.78 is 24.0. The number of carbonyl (C=O) groups excluding carboxylic acids is 1. The summed E-state index contributed by atoms with van der Waals surface area (Å²) in [5.41, 5.74) is 6.80. The van der Waals surface area contributed by atoms with E-state index in [0.717, 1.165) is 12.8 Å². The number of sulfone groups is 1. The second-order valence-electron chi connectivity index (χ2n) is 5.42. The topological polar surface area (TPSA) is 77.2 Å². The number of nitrogen functional groups attached to an aromatic ring is 1. The van der Waals surface area contributed by atoms with E-state index in [0.29, 0.717) is 28.6 Å². The van der Waals surface area contributed by atoms with E-state index in [1.165, 1.54) is 6.26 Å². The van der Waals surface area contributed by atoms with Gasteiger partial charge in [0.25, 0.3) is 0 Å². The number of ketones is 1. The average Bonchev–Trinajstić information content (AvgIpc) is 2.40. The summed E-state index contributed by atoms with van der Waals surface area (Å²) in [5, 5.41) is -0.398. The van der Waals surface area contributed by atoms with Crippen LogP contribution < -0.4 is 5.73 Å². The van der Waals surface area contributed by atoms with E-state index in [2.05, 4.69) is 15.9 Å². The van der Waals surface area contributed by atoms with E-state index < -0.39 is 15.1 Å². The van der Waals surface area contributed by atoms with Crippen LogP contribution in [0.3, 0.4) is 0 Å². The van der Waals surface area contributed by atoms with Gasteiger partial charge in [-0.25, -0.2) is 8.42 Å². The molecule has 1 aliphatic rings. The molecule has 0 saturated heterocycles. The van der Waals surface area contributed by atoms with Gasteiger partial charge >= 0.3 is 0 Å². The molecular formula is C14H18BrNO3S. The van der Waals surface area contributed by atoms with Gasteiger partial charge in [0.15, 0.2) is 5.78 Å². The summed E-state index contributed by atoms with van der Waals surface area (Å²) in [6, 6.07) is 5.12. The number of anilines is 1. The van der Waals surface area contributed by atoms with Gasteiger partial charge in [0, 0.05) is 27.9 Å².